The number of aliphatic carboxylic acids is 1. The van der Waals surface area contributed by atoms with Crippen LogP contribution in [0.25, 0.3) is 0 Å². The average Bonchev–Trinajstić information content (AvgIpc) is 2.40. The fraction of sp³-hybridized carbons (Fsp3) is 0.923. The highest BCUT2D eigenvalue weighted by Crippen LogP contribution is 2.22. The molecule has 1 rings (SSSR count). The van der Waals surface area contributed by atoms with Crippen molar-refractivity contribution < 1.29 is 9.90 Å². The molecule has 3 nitrogen and oxygen atoms in total. The number of likely N-dealkylation sites (tertiary alicyclic amines) is 1. The van der Waals surface area contributed by atoms with Crippen molar-refractivity contribution >= 4 is 5.97 Å². The normalized spacial score (nSPS) is 25.4. The Kier molecular flexibility index (Phi) is 5.26. The first-order valence-corrected chi connectivity index (χ1v) is 6.51. The van der Waals surface area contributed by atoms with E-state index in [2.05, 4.69) is 25.7 Å². The number of hydrogen-bond acceptors (Lipinski definition) is 2. The first-order valence-electron chi connectivity index (χ1n) is 6.51. The molecule has 0 aromatic heterocycles. The Morgan fingerprint density at radius 3 is 2.56 bits per heavy atom. The van der Waals surface area contributed by atoms with Crippen molar-refractivity contribution in [2.45, 2.75) is 65.0 Å². The van der Waals surface area contributed by atoms with E-state index in [4.69, 9.17) is 0 Å². The molecule has 0 spiro atoms. The summed E-state index contributed by atoms with van der Waals surface area (Å²) in [6.45, 7) is 7.51. The van der Waals surface area contributed by atoms with Crippen LogP contribution in [0.4, 0.5) is 0 Å². The lowest BCUT2D eigenvalue weighted by Gasteiger charge is -2.33. The van der Waals surface area contributed by atoms with Crippen molar-refractivity contribution in [2.75, 3.05) is 6.54 Å². The molecular weight excluding hydrogens is 202 g/mol. The van der Waals surface area contributed by atoms with Crippen molar-refractivity contribution in [3.05, 3.63) is 0 Å². The zero-order chi connectivity index (χ0) is 12.1. The van der Waals surface area contributed by atoms with Crippen LogP contribution in [-0.4, -0.2) is 34.6 Å². The molecule has 1 fully saturated rings. The van der Waals surface area contributed by atoms with Gasteiger partial charge in [0, 0.05) is 6.04 Å². The summed E-state index contributed by atoms with van der Waals surface area (Å²) in [6.07, 6.45) is 5.28. The van der Waals surface area contributed by atoms with Crippen LogP contribution in [0.1, 0.15) is 52.9 Å². The Hall–Kier alpha value is -0.570. The van der Waals surface area contributed by atoms with E-state index in [1.54, 1.807) is 0 Å². The highest BCUT2D eigenvalue weighted by atomic mass is 16.4. The van der Waals surface area contributed by atoms with Crippen LogP contribution in [0, 0.1) is 5.92 Å². The molecule has 0 aromatic carbocycles. The Balaban J connectivity index is 2.66. The van der Waals surface area contributed by atoms with E-state index in [1.807, 2.05) is 0 Å². The molecule has 0 aliphatic carbocycles. The standard InChI is InChI=1S/C13H25NO2/c1-10(2)9-11(3)14-8-6-4-5-7-12(14)13(15)16/h10-12H,4-9H2,1-3H3,(H,15,16). The molecule has 0 radical (unpaired) electrons. The number of rotatable bonds is 4. The van der Waals surface area contributed by atoms with Gasteiger partial charge in [0.1, 0.15) is 6.04 Å². The third-order valence-electron chi connectivity index (χ3n) is 3.46. The monoisotopic (exact) mass is 227 g/mol. The maximum atomic E-state index is 11.3. The summed E-state index contributed by atoms with van der Waals surface area (Å²) in [5.74, 6) is -0.00907. The van der Waals surface area contributed by atoms with Crippen molar-refractivity contribution in [2.24, 2.45) is 5.92 Å². The van der Waals surface area contributed by atoms with Crippen molar-refractivity contribution in [1.82, 2.24) is 4.90 Å². The summed E-state index contributed by atoms with van der Waals surface area (Å²) in [4.78, 5) is 13.5. The van der Waals surface area contributed by atoms with E-state index < -0.39 is 5.97 Å². The molecule has 0 amide bonds. The fourth-order valence-electron chi connectivity index (χ4n) is 2.74. The van der Waals surface area contributed by atoms with E-state index >= 15 is 0 Å². The maximum absolute atomic E-state index is 11.3. The van der Waals surface area contributed by atoms with Gasteiger partial charge in [0.25, 0.3) is 0 Å². The van der Waals surface area contributed by atoms with Gasteiger partial charge in [-0.3, -0.25) is 9.69 Å². The second kappa shape index (κ2) is 6.24. The molecule has 2 atom stereocenters. The van der Waals surface area contributed by atoms with Gasteiger partial charge in [-0.25, -0.2) is 0 Å². The Morgan fingerprint density at radius 1 is 1.31 bits per heavy atom. The molecule has 16 heavy (non-hydrogen) atoms. The number of carbonyl (C=O) groups is 1. The zero-order valence-corrected chi connectivity index (χ0v) is 10.8. The van der Waals surface area contributed by atoms with Crippen molar-refractivity contribution in [3.8, 4) is 0 Å². The third-order valence-corrected chi connectivity index (χ3v) is 3.46. The maximum Gasteiger partial charge on any atom is 0.320 e. The van der Waals surface area contributed by atoms with E-state index in [1.165, 1.54) is 6.42 Å². The van der Waals surface area contributed by atoms with Crippen LogP contribution in [0.15, 0.2) is 0 Å². The van der Waals surface area contributed by atoms with Crippen LogP contribution in [0.2, 0.25) is 0 Å². The van der Waals surface area contributed by atoms with Crippen molar-refractivity contribution in [3.63, 3.8) is 0 Å². The topological polar surface area (TPSA) is 40.5 Å². The second-order valence-electron chi connectivity index (χ2n) is 5.42. The van der Waals surface area contributed by atoms with E-state index in [0.29, 0.717) is 12.0 Å². The molecule has 1 aliphatic heterocycles. The molecule has 0 bridgehead atoms. The fourth-order valence-corrected chi connectivity index (χ4v) is 2.74. The minimum absolute atomic E-state index is 0.253. The van der Waals surface area contributed by atoms with Gasteiger partial charge in [-0.2, -0.15) is 0 Å². The van der Waals surface area contributed by atoms with Crippen molar-refractivity contribution in [1.29, 1.82) is 0 Å². The molecule has 0 saturated carbocycles. The number of carboxylic acid groups (broad SMARTS) is 1. The molecule has 0 aromatic rings. The first kappa shape index (κ1) is 13.5. The SMILES string of the molecule is CC(C)CC(C)N1CCCCCC1C(=O)O. The zero-order valence-electron chi connectivity index (χ0n) is 10.8. The van der Waals surface area contributed by atoms with Crippen LogP contribution in [0.5, 0.6) is 0 Å². The molecule has 1 saturated heterocycles. The predicted octanol–water partition coefficient (Wildman–Crippen LogP) is 2.75. The molecule has 1 N–H and O–H groups in total. The van der Waals surface area contributed by atoms with E-state index in [9.17, 15) is 9.90 Å². The summed E-state index contributed by atoms with van der Waals surface area (Å²) < 4.78 is 0. The Morgan fingerprint density at radius 2 is 2.00 bits per heavy atom. The number of hydrogen-bond donors (Lipinski definition) is 1. The number of carboxylic acids is 1. The van der Waals surface area contributed by atoms with Gasteiger partial charge < -0.3 is 5.11 Å². The molecule has 1 aliphatic rings. The van der Waals surface area contributed by atoms with Gasteiger partial charge in [0.2, 0.25) is 0 Å². The van der Waals surface area contributed by atoms with Gasteiger partial charge in [-0.1, -0.05) is 26.7 Å². The molecule has 1 heterocycles. The first-order chi connectivity index (χ1) is 7.52. The summed E-state index contributed by atoms with van der Waals surface area (Å²) in [5.41, 5.74) is 0. The summed E-state index contributed by atoms with van der Waals surface area (Å²) in [5, 5.41) is 9.28. The Labute approximate surface area is 98.8 Å². The van der Waals surface area contributed by atoms with Crippen LogP contribution >= 0.6 is 0 Å². The minimum atomic E-state index is -0.641. The van der Waals surface area contributed by atoms with Gasteiger partial charge in [0.15, 0.2) is 0 Å². The van der Waals surface area contributed by atoms with Gasteiger partial charge in [-0.05, 0) is 38.6 Å². The average molecular weight is 227 g/mol. The quantitative estimate of drug-likeness (QED) is 0.803. The molecular formula is C13H25NO2. The van der Waals surface area contributed by atoms with Gasteiger partial charge in [-0.15, -0.1) is 0 Å². The summed E-state index contributed by atoms with van der Waals surface area (Å²) in [7, 11) is 0. The van der Waals surface area contributed by atoms with Crippen LogP contribution < -0.4 is 0 Å². The highest BCUT2D eigenvalue weighted by molar-refractivity contribution is 5.73. The smallest absolute Gasteiger partial charge is 0.320 e. The van der Waals surface area contributed by atoms with E-state index in [-0.39, 0.29) is 6.04 Å². The highest BCUT2D eigenvalue weighted by Gasteiger charge is 2.30. The molecule has 94 valence electrons. The second-order valence-corrected chi connectivity index (χ2v) is 5.42. The number of nitrogens with zero attached hydrogens (tertiary/aromatic N) is 1. The van der Waals surface area contributed by atoms with Gasteiger partial charge in [0.05, 0.1) is 0 Å². The Bertz CT molecular complexity index is 228. The van der Waals surface area contributed by atoms with E-state index in [0.717, 1.165) is 32.2 Å². The lowest BCUT2D eigenvalue weighted by molar-refractivity contribution is -0.144. The third kappa shape index (κ3) is 3.78. The molecule has 2 unspecified atom stereocenters. The lowest BCUT2D eigenvalue weighted by Crippen LogP contribution is -2.46. The lowest BCUT2D eigenvalue weighted by atomic mass is 10.0. The minimum Gasteiger partial charge on any atom is -0.480 e. The summed E-state index contributed by atoms with van der Waals surface area (Å²) >= 11 is 0. The molecule has 3 heteroatoms. The summed E-state index contributed by atoms with van der Waals surface area (Å²) in [6, 6.07) is 0.135. The van der Waals surface area contributed by atoms with Crippen LogP contribution in [-0.2, 0) is 4.79 Å². The largest absolute Gasteiger partial charge is 0.480 e. The van der Waals surface area contributed by atoms with Crippen LogP contribution in [0.3, 0.4) is 0 Å². The predicted molar refractivity (Wildman–Crippen MR) is 65.5 cm³/mol. The van der Waals surface area contributed by atoms with Gasteiger partial charge >= 0.3 is 5.97 Å².